The number of likely N-dealkylation sites (tertiary alicyclic amines) is 1. The molecule has 0 bridgehead atoms. The predicted octanol–water partition coefficient (Wildman–Crippen LogP) is 5.36. The monoisotopic (exact) mass is 566 g/mol. The number of nitrogens with one attached hydrogen (secondary N) is 3. The molecule has 2 amide bonds. The molecule has 4 rings (SSSR count). The highest BCUT2D eigenvalue weighted by atomic mass is 16.5. The highest BCUT2D eigenvalue weighted by molar-refractivity contribution is 5.93. The van der Waals surface area contributed by atoms with Crippen LogP contribution in [-0.2, 0) is 20.8 Å². The minimum Gasteiger partial charge on any atom is -0.497 e. The second kappa shape index (κ2) is 14.9. The smallest absolute Gasteiger partial charge is 0.242 e. The fourth-order valence-corrected chi connectivity index (χ4v) is 6.85. The average Bonchev–Trinajstić information content (AvgIpc) is 3.29. The van der Waals surface area contributed by atoms with Gasteiger partial charge in [-0.1, -0.05) is 38.5 Å². The lowest BCUT2D eigenvalue weighted by Crippen LogP contribution is -2.59. The van der Waals surface area contributed by atoms with Gasteiger partial charge in [0.15, 0.2) is 0 Å². The van der Waals surface area contributed by atoms with Gasteiger partial charge < -0.3 is 25.1 Å². The number of H-pyrrole nitrogens is 1. The molecular formula is C33H50N4O4. The van der Waals surface area contributed by atoms with E-state index < -0.39 is 6.04 Å². The number of hydrogen-bond donors (Lipinski definition) is 3. The Bertz CT molecular complexity index is 1180. The third-order valence-corrected chi connectivity index (χ3v) is 9.24. The summed E-state index contributed by atoms with van der Waals surface area (Å²) in [6.07, 6.45) is 13.4. The standard InChI is InChI=1S/C33H50N4O4/c1-24(38)13-7-4-8-14-30(32(40)34-23-33(17-9-5-10-18-33)37-19-11-6-12-20-37)36-31(39)22-27-25(2)35-29-16-15-26(41-3)21-28(27)29/h15-16,21,30,35H,4-14,17-20,22-23H2,1-3H3,(H,34,40)(H,36,39)/t30-/m0/s1. The number of carbonyl (C=O) groups excluding carboxylic acids is 3. The molecule has 8 heteroatoms. The Morgan fingerprint density at radius 2 is 1.76 bits per heavy atom. The number of Topliss-reactive ketones (excluding diaryl/α,β-unsaturated/α-hetero) is 1. The highest BCUT2D eigenvalue weighted by Crippen LogP contribution is 2.35. The van der Waals surface area contributed by atoms with Crippen LogP contribution in [0.15, 0.2) is 18.2 Å². The van der Waals surface area contributed by atoms with E-state index in [-0.39, 0.29) is 29.6 Å². The van der Waals surface area contributed by atoms with E-state index in [0.717, 1.165) is 73.1 Å². The fourth-order valence-electron chi connectivity index (χ4n) is 6.85. The Labute approximate surface area is 245 Å². The number of ether oxygens (including phenoxy) is 1. The molecule has 1 saturated heterocycles. The number of aromatic amines is 1. The van der Waals surface area contributed by atoms with Crippen LogP contribution in [0, 0.1) is 6.92 Å². The summed E-state index contributed by atoms with van der Waals surface area (Å²) >= 11 is 0. The molecule has 1 aromatic carbocycles. The van der Waals surface area contributed by atoms with E-state index in [1.807, 2.05) is 25.1 Å². The minimum atomic E-state index is -0.595. The molecule has 3 N–H and O–H groups in total. The van der Waals surface area contributed by atoms with Crippen LogP contribution in [0.25, 0.3) is 10.9 Å². The SMILES string of the molecule is COc1ccc2[nH]c(C)c(CC(=O)N[C@@H](CCCCCC(C)=O)C(=O)NCC3(N4CCCCC4)CCCCC3)c2c1. The van der Waals surface area contributed by atoms with Crippen molar-refractivity contribution in [2.24, 2.45) is 0 Å². The second-order valence-electron chi connectivity index (χ2n) is 12.3. The maximum absolute atomic E-state index is 13.7. The van der Waals surface area contributed by atoms with Crippen molar-refractivity contribution in [2.45, 2.75) is 115 Å². The van der Waals surface area contributed by atoms with E-state index in [4.69, 9.17) is 4.74 Å². The van der Waals surface area contributed by atoms with Crippen molar-refractivity contribution in [1.82, 2.24) is 20.5 Å². The molecule has 1 saturated carbocycles. The average molecular weight is 567 g/mol. The van der Waals surface area contributed by atoms with Crippen molar-refractivity contribution in [3.8, 4) is 5.75 Å². The van der Waals surface area contributed by atoms with Gasteiger partial charge in [0.2, 0.25) is 11.8 Å². The number of benzene rings is 1. The molecule has 1 aliphatic heterocycles. The highest BCUT2D eigenvalue weighted by Gasteiger charge is 2.39. The molecule has 226 valence electrons. The molecule has 1 aromatic heterocycles. The zero-order valence-corrected chi connectivity index (χ0v) is 25.4. The predicted molar refractivity (Wildman–Crippen MR) is 163 cm³/mol. The van der Waals surface area contributed by atoms with Gasteiger partial charge in [-0.05, 0) is 89.2 Å². The number of amides is 2. The van der Waals surface area contributed by atoms with Gasteiger partial charge in [-0.3, -0.25) is 14.5 Å². The van der Waals surface area contributed by atoms with Crippen LogP contribution in [-0.4, -0.2) is 65.8 Å². The van der Waals surface area contributed by atoms with Gasteiger partial charge in [0, 0.05) is 35.1 Å². The number of carbonyl (C=O) groups is 3. The van der Waals surface area contributed by atoms with E-state index >= 15 is 0 Å². The van der Waals surface area contributed by atoms with Crippen LogP contribution in [0.1, 0.15) is 102 Å². The number of rotatable bonds is 14. The first kappa shape index (κ1) is 31.1. The lowest BCUT2D eigenvalue weighted by atomic mass is 9.79. The van der Waals surface area contributed by atoms with Gasteiger partial charge in [0.05, 0.1) is 13.5 Å². The summed E-state index contributed by atoms with van der Waals surface area (Å²) < 4.78 is 5.40. The molecule has 2 aromatic rings. The number of aryl methyl sites for hydroxylation is 1. The second-order valence-corrected chi connectivity index (χ2v) is 12.3. The van der Waals surface area contributed by atoms with E-state index in [9.17, 15) is 14.4 Å². The van der Waals surface area contributed by atoms with Crippen molar-refractivity contribution in [1.29, 1.82) is 0 Å². The quantitative estimate of drug-likeness (QED) is 0.267. The van der Waals surface area contributed by atoms with Gasteiger partial charge in [-0.15, -0.1) is 0 Å². The Morgan fingerprint density at radius 1 is 1.02 bits per heavy atom. The van der Waals surface area contributed by atoms with Gasteiger partial charge >= 0.3 is 0 Å². The summed E-state index contributed by atoms with van der Waals surface area (Å²) in [6, 6.07) is 5.22. The third-order valence-electron chi connectivity index (χ3n) is 9.24. The lowest BCUT2D eigenvalue weighted by molar-refractivity contribution is -0.129. The van der Waals surface area contributed by atoms with Crippen molar-refractivity contribution >= 4 is 28.5 Å². The van der Waals surface area contributed by atoms with Crippen molar-refractivity contribution < 1.29 is 19.1 Å². The van der Waals surface area contributed by atoms with E-state index in [1.165, 1.54) is 38.5 Å². The number of piperidine rings is 1. The first-order valence-corrected chi connectivity index (χ1v) is 15.8. The first-order chi connectivity index (χ1) is 19.8. The normalized spacial score (nSPS) is 18.1. The summed E-state index contributed by atoms with van der Waals surface area (Å²) in [7, 11) is 1.63. The van der Waals surface area contributed by atoms with Crippen LogP contribution in [0.2, 0.25) is 0 Å². The van der Waals surface area contributed by atoms with Gasteiger partial charge in [0.1, 0.15) is 17.6 Å². The van der Waals surface area contributed by atoms with E-state index in [0.29, 0.717) is 19.4 Å². The van der Waals surface area contributed by atoms with Gasteiger partial charge in [-0.25, -0.2) is 0 Å². The summed E-state index contributed by atoms with van der Waals surface area (Å²) in [4.78, 5) is 44.4. The molecule has 1 aliphatic carbocycles. The zero-order valence-electron chi connectivity index (χ0n) is 25.4. The summed E-state index contributed by atoms with van der Waals surface area (Å²) in [5.74, 6) is 0.674. The summed E-state index contributed by atoms with van der Waals surface area (Å²) in [5, 5.41) is 7.34. The summed E-state index contributed by atoms with van der Waals surface area (Å²) in [5.41, 5.74) is 2.85. The van der Waals surface area contributed by atoms with Gasteiger partial charge in [-0.2, -0.15) is 0 Å². The lowest BCUT2D eigenvalue weighted by Gasteiger charge is -2.48. The number of nitrogens with zero attached hydrogens (tertiary/aromatic N) is 1. The maximum atomic E-state index is 13.7. The topological polar surface area (TPSA) is 104 Å². The third kappa shape index (κ3) is 8.34. The Hall–Kier alpha value is -2.87. The van der Waals surface area contributed by atoms with Crippen LogP contribution in [0.4, 0.5) is 0 Å². The number of fused-ring (bicyclic) bond motifs is 1. The molecule has 41 heavy (non-hydrogen) atoms. The van der Waals surface area contributed by atoms with E-state index in [2.05, 4.69) is 20.5 Å². The number of unbranched alkanes of at least 4 members (excludes halogenated alkanes) is 2. The van der Waals surface area contributed by atoms with Gasteiger partial charge in [0.25, 0.3) is 0 Å². The maximum Gasteiger partial charge on any atom is 0.242 e. The van der Waals surface area contributed by atoms with Crippen LogP contribution >= 0.6 is 0 Å². The molecular weight excluding hydrogens is 516 g/mol. The molecule has 0 unspecified atom stereocenters. The number of hydrogen-bond acceptors (Lipinski definition) is 5. The Kier molecular flexibility index (Phi) is 11.3. The van der Waals surface area contributed by atoms with Crippen molar-refractivity contribution in [2.75, 3.05) is 26.7 Å². The molecule has 1 atom stereocenters. The molecule has 0 radical (unpaired) electrons. The first-order valence-electron chi connectivity index (χ1n) is 15.8. The zero-order chi connectivity index (χ0) is 29.2. The Balaban J connectivity index is 1.43. The molecule has 8 nitrogen and oxygen atoms in total. The van der Waals surface area contributed by atoms with E-state index in [1.54, 1.807) is 14.0 Å². The van der Waals surface area contributed by atoms with Crippen LogP contribution < -0.4 is 15.4 Å². The van der Waals surface area contributed by atoms with Crippen molar-refractivity contribution in [3.63, 3.8) is 0 Å². The largest absolute Gasteiger partial charge is 0.497 e. The molecule has 2 fully saturated rings. The number of ketones is 1. The molecule has 2 aliphatic rings. The summed E-state index contributed by atoms with van der Waals surface area (Å²) in [6.45, 7) is 6.45. The minimum absolute atomic E-state index is 0.0323. The molecule has 2 heterocycles. The van der Waals surface area contributed by atoms with Crippen LogP contribution in [0.3, 0.4) is 0 Å². The molecule has 0 spiro atoms. The Morgan fingerprint density at radius 3 is 2.46 bits per heavy atom. The fraction of sp³-hybridized carbons (Fsp3) is 0.667. The number of methoxy groups -OCH3 is 1. The van der Waals surface area contributed by atoms with Crippen LogP contribution in [0.5, 0.6) is 5.75 Å². The number of aromatic nitrogens is 1. The van der Waals surface area contributed by atoms with Crippen molar-refractivity contribution in [3.05, 3.63) is 29.5 Å².